The summed E-state index contributed by atoms with van der Waals surface area (Å²) < 4.78 is 0. The van der Waals surface area contributed by atoms with Crippen LogP contribution >= 0.6 is 0 Å². The molecule has 19 heavy (non-hydrogen) atoms. The van der Waals surface area contributed by atoms with Crippen molar-refractivity contribution in [2.75, 3.05) is 19.6 Å². The Morgan fingerprint density at radius 1 is 1.16 bits per heavy atom. The largest absolute Gasteiger partial charge is 0.329 e. The Hall–Kier alpha value is -0.0800. The molecule has 2 N–H and O–H groups in total. The Bertz CT molecular complexity index is 287. The molecule has 2 nitrogen and oxygen atoms in total. The summed E-state index contributed by atoms with van der Waals surface area (Å²) in [5.74, 6) is 0.967. The number of rotatable bonds is 4. The standard InChI is InChI=1S/C17H34N2/c1-4-6-15-7-5-9-17(13-18,10-8-15)19-12-11-16(2,3)14-19/h15H,4-14,18H2,1-3H3. The molecule has 0 bridgehead atoms. The molecule has 2 fully saturated rings. The molecular weight excluding hydrogens is 232 g/mol. The molecule has 1 aliphatic carbocycles. The summed E-state index contributed by atoms with van der Waals surface area (Å²) >= 11 is 0. The van der Waals surface area contributed by atoms with E-state index in [1.807, 2.05) is 0 Å². The van der Waals surface area contributed by atoms with Crippen LogP contribution in [0.2, 0.25) is 0 Å². The Labute approximate surface area is 120 Å². The van der Waals surface area contributed by atoms with E-state index >= 15 is 0 Å². The van der Waals surface area contributed by atoms with Crippen LogP contribution in [0.5, 0.6) is 0 Å². The molecule has 0 aromatic carbocycles. The SMILES string of the molecule is CCCC1CCCC(CN)(N2CCC(C)(C)C2)CC1. The molecule has 0 radical (unpaired) electrons. The van der Waals surface area contributed by atoms with Gasteiger partial charge < -0.3 is 5.73 Å². The van der Waals surface area contributed by atoms with Crippen LogP contribution in [0.1, 0.15) is 72.1 Å². The van der Waals surface area contributed by atoms with E-state index in [2.05, 4.69) is 25.7 Å². The van der Waals surface area contributed by atoms with Gasteiger partial charge in [0.1, 0.15) is 0 Å². The highest BCUT2D eigenvalue weighted by Gasteiger charge is 2.42. The fraction of sp³-hybridized carbons (Fsp3) is 1.00. The lowest BCUT2D eigenvalue weighted by atomic mass is 9.86. The minimum atomic E-state index is 0.330. The topological polar surface area (TPSA) is 29.3 Å². The average molecular weight is 266 g/mol. The van der Waals surface area contributed by atoms with Crippen LogP contribution in [0, 0.1) is 11.3 Å². The van der Waals surface area contributed by atoms with Crippen molar-refractivity contribution in [3.05, 3.63) is 0 Å². The van der Waals surface area contributed by atoms with Crippen LogP contribution in [0.15, 0.2) is 0 Å². The summed E-state index contributed by atoms with van der Waals surface area (Å²) in [6.45, 7) is 10.5. The van der Waals surface area contributed by atoms with Gasteiger partial charge in [0.15, 0.2) is 0 Å². The van der Waals surface area contributed by atoms with Gasteiger partial charge in [0.2, 0.25) is 0 Å². The van der Waals surface area contributed by atoms with Crippen LogP contribution in [0.3, 0.4) is 0 Å². The van der Waals surface area contributed by atoms with Gasteiger partial charge in [-0.15, -0.1) is 0 Å². The quantitative estimate of drug-likeness (QED) is 0.784. The maximum atomic E-state index is 6.25. The van der Waals surface area contributed by atoms with Crippen molar-refractivity contribution >= 4 is 0 Å². The van der Waals surface area contributed by atoms with E-state index in [-0.39, 0.29) is 0 Å². The Morgan fingerprint density at radius 2 is 1.95 bits per heavy atom. The second kappa shape index (κ2) is 6.13. The van der Waals surface area contributed by atoms with Gasteiger partial charge >= 0.3 is 0 Å². The summed E-state index contributed by atoms with van der Waals surface area (Å²) in [4.78, 5) is 2.75. The van der Waals surface area contributed by atoms with Crippen molar-refractivity contribution in [1.82, 2.24) is 4.90 Å². The van der Waals surface area contributed by atoms with Crippen LogP contribution in [0.4, 0.5) is 0 Å². The van der Waals surface area contributed by atoms with Gasteiger partial charge in [0.25, 0.3) is 0 Å². The highest BCUT2D eigenvalue weighted by atomic mass is 15.2. The number of nitrogens with two attached hydrogens (primary N) is 1. The third-order valence-corrected chi connectivity index (χ3v) is 5.70. The molecule has 1 saturated carbocycles. The third-order valence-electron chi connectivity index (χ3n) is 5.70. The highest BCUT2D eigenvalue weighted by Crippen LogP contribution is 2.41. The molecule has 0 amide bonds. The van der Waals surface area contributed by atoms with E-state index < -0.39 is 0 Å². The van der Waals surface area contributed by atoms with Gasteiger partial charge in [0, 0.05) is 18.6 Å². The first-order valence-electron chi connectivity index (χ1n) is 8.46. The zero-order valence-electron chi connectivity index (χ0n) is 13.4. The minimum absolute atomic E-state index is 0.330. The Kier molecular flexibility index (Phi) is 4.94. The number of hydrogen-bond donors (Lipinski definition) is 1. The summed E-state index contributed by atoms with van der Waals surface area (Å²) in [7, 11) is 0. The maximum absolute atomic E-state index is 6.25. The predicted octanol–water partition coefficient (Wildman–Crippen LogP) is 3.80. The summed E-state index contributed by atoms with van der Waals surface area (Å²) in [5, 5.41) is 0. The molecule has 2 heteroatoms. The molecule has 2 aliphatic rings. The third kappa shape index (κ3) is 3.52. The van der Waals surface area contributed by atoms with E-state index in [4.69, 9.17) is 5.73 Å². The molecule has 1 heterocycles. The second-order valence-electron chi connectivity index (χ2n) is 7.85. The second-order valence-corrected chi connectivity index (χ2v) is 7.85. The van der Waals surface area contributed by atoms with Gasteiger partial charge in [-0.2, -0.15) is 0 Å². The van der Waals surface area contributed by atoms with Crippen LogP contribution in [0.25, 0.3) is 0 Å². The van der Waals surface area contributed by atoms with E-state index in [1.165, 1.54) is 64.5 Å². The minimum Gasteiger partial charge on any atom is -0.329 e. The molecule has 0 spiro atoms. The van der Waals surface area contributed by atoms with Gasteiger partial charge in [-0.3, -0.25) is 4.90 Å². The van der Waals surface area contributed by atoms with Crippen LogP contribution < -0.4 is 5.73 Å². The van der Waals surface area contributed by atoms with Crippen molar-refractivity contribution in [1.29, 1.82) is 0 Å². The summed E-state index contributed by atoms with van der Waals surface area (Å²) in [6.07, 6.45) is 11.0. The first-order valence-corrected chi connectivity index (χ1v) is 8.46. The first kappa shape index (κ1) is 15.3. The highest BCUT2D eigenvalue weighted by molar-refractivity contribution is 4.99. The van der Waals surface area contributed by atoms with Crippen LogP contribution in [-0.2, 0) is 0 Å². The molecular formula is C17H34N2. The molecule has 2 unspecified atom stereocenters. The normalized spacial score (nSPS) is 36.3. The van der Waals surface area contributed by atoms with Crippen LogP contribution in [-0.4, -0.2) is 30.1 Å². The molecule has 1 saturated heterocycles. The zero-order chi connectivity index (χ0) is 13.9. The molecule has 0 aromatic heterocycles. The lowest BCUT2D eigenvalue weighted by Gasteiger charge is -2.41. The van der Waals surface area contributed by atoms with E-state index in [1.54, 1.807) is 0 Å². The van der Waals surface area contributed by atoms with Gasteiger partial charge in [0.05, 0.1) is 0 Å². The molecule has 112 valence electrons. The van der Waals surface area contributed by atoms with Gasteiger partial charge in [-0.05, 0) is 43.6 Å². The predicted molar refractivity (Wildman–Crippen MR) is 83.2 cm³/mol. The monoisotopic (exact) mass is 266 g/mol. The zero-order valence-corrected chi connectivity index (χ0v) is 13.4. The fourth-order valence-corrected chi connectivity index (χ4v) is 4.33. The maximum Gasteiger partial charge on any atom is 0.0332 e. The lowest BCUT2D eigenvalue weighted by Crippen LogP contribution is -2.53. The van der Waals surface area contributed by atoms with Crippen molar-refractivity contribution in [3.8, 4) is 0 Å². The van der Waals surface area contributed by atoms with E-state index in [9.17, 15) is 0 Å². The van der Waals surface area contributed by atoms with Crippen molar-refractivity contribution in [3.63, 3.8) is 0 Å². The van der Waals surface area contributed by atoms with Crippen molar-refractivity contribution in [2.24, 2.45) is 17.1 Å². The molecule has 2 atom stereocenters. The molecule has 1 aliphatic heterocycles. The Morgan fingerprint density at radius 3 is 2.53 bits per heavy atom. The van der Waals surface area contributed by atoms with E-state index in [0.717, 1.165) is 12.5 Å². The van der Waals surface area contributed by atoms with Gasteiger partial charge in [-0.25, -0.2) is 0 Å². The lowest BCUT2D eigenvalue weighted by molar-refractivity contribution is 0.0926. The van der Waals surface area contributed by atoms with E-state index in [0.29, 0.717) is 11.0 Å². The Balaban J connectivity index is 2.02. The first-order chi connectivity index (χ1) is 9.01. The molecule has 0 aromatic rings. The average Bonchev–Trinajstić information content (AvgIpc) is 2.62. The number of likely N-dealkylation sites (tertiary alicyclic amines) is 1. The van der Waals surface area contributed by atoms with Gasteiger partial charge in [-0.1, -0.05) is 46.5 Å². The number of hydrogen-bond acceptors (Lipinski definition) is 2. The number of nitrogens with zero attached hydrogens (tertiary/aromatic N) is 1. The summed E-state index contributed by atoms with van der Waals surface area (Å²) in [5.41, 5.74) is 7.08. The van der Waals surface area contributed by atoms with Crippen molar-refractivity contribution in [2.45, 2.75) is 77.7 Å². The fourth-order valence-electron chi connectivity index (χ4n) is 4.33. The van der Waals surface area contributed by atoms with Crippen molar-refractivity contribution < 1.29 is 0 Å². The summed E-state index contributed by atoms with van der Waals surface area (Å²) in [6, 6.07) is 0. The molecule has 2 rings (SSSR count). The smallest absolute Gasteiger partial charge is 0.0332 e.